The predicted octanol–water partition coefficient (Wildman–Crippen LogP) is 4.08. The van der Waals surface area contributed by atoms with Gasteiger partial charge in [0.2, 0.25) is 5.84 Å². The third kappa shape index (κ3) is 2.89. The Balaban J connectivity index is 1.61. The molecule has 10 nitrogen and oxygen atoms in total. The van der Waals surface area contributed by atoms with E-state index in [1.807, 2.05) is 54.3 Å². The summed E-state index contributed by atoms with van der Waals surface area (Å²) in [7, 11) is 0. The van der Waals surface area contributed by atoms with Gasteiger partial charge >= 0.3 is 0 Å². The molecular formula is C24H17N7O3. The molecule has 34 heavy (non-hydrogen) atoms. The first kappa shape index (κ1) is 19.8. The second kappa shape index (κ2) is 7.34. The molecule has 2 aromatic heterocycles. The molecular weight excluding hydrogens is 434 g/mol. The van der Waals surface area contributed by atoms with Gasteiger partial charge < -0.3 is 10.2 Å². The van der Waals surface area contributed by atoms with Gasteiger partial charge in [-0.25, -0.2) is 9.67 Å². The lowest BCUT2D eigenvalue weighted by molar-refractivity contribution is -0.384. The van der Waals surface area contributed by atoms with Crippen molar-refractivity contribution in [3.63, 3.8) is 0 Å². The first-order valence-corrected chi connectivity index (χ1v) is 10.6. The summed E-state index contributed by atoms with van der Waals surface area (Å²) < 4.78 is 1.61. The molecule has 1 atom stereocenters. The highest BCUT2D eigenvalue weighted by Gasteiger charge is 2.43. The average Bonchev–Trinajstić information content (AvgIpc) is 3.19. The number of para-hydroxylation sites is 2. The Bertz CT molecular complexity index is 1490. The lowest BCUT2D eigenvalue weighted by atomic mass is 9.96. The molecule has 2 aromatic carbocycles. The molecule has 6 rings (SSSR count). The quantitative estimate of drug-likeness (QED) is 0.370. The van der Waals surface area contributed by atoms with Gasteiger partial charge in [-0.3, -0.25) is 19.9 Å². The normalized spacial score (nSPS) is 16.1. The number of non-ortho nitro benzene ring substituents is 1. The number of amides is 1. The number of carbonyl (C=O) groups excluding carboxylic acids is 1. The van der Waals surface area contributed by atoms with Crippen LogP contribution in [-0.4, -0.2) is 31.4 Å². The number of aliphatic imine (C=N–C) groups is 1. The first-order chi connectivity index (χ1) is 16.5. The summed E-state index contributed by atoms with van der Waals surface area (Å²) in [5.41, 5.74) is 4.35. The zero-order valence-electron chi connectivity index (χ0n) is 17.9. The summed E-state index contributed by atoms with van der Waals surface area (Å²) in [5.74, 6) is 0.382. The number of aromatic nitrogens is 3. The van der Waals surface area contributed by atoms with Gasteiger partial charge in [0, 0.05) is 23.9 Å². The fraction of sp³-hybridized carbons (Fsp3) is 0.0833. The Labute approximate surface area is 193 Å². The molecule has 0 radical (unpaired) electrons. The van der Waals surface area contributed by atoms with E-state index in [9.17, 15) is 14.9 Å². The monoisotopic (exact) mass is 451 g/mol. The van der Waals surface area contributed by atoms with E-state index in [1.165, 1.54) is 12.1 Å². The van der Waals surface area contributed by atoms with Gasteiger partial charge in [-0.05, 0) is 43.3 Å². The van der Waals surface area contributed by atoms with Crippen molar-refractivity contribution >= 4 is 34.6 Å². The van der Waals surface area contributed by atoms with Gasteiger partial charge in [0.05, 0.1) is 33.4 Å². The van der Waals surface area contributed by atoms with E-state index in [0.717, 1.165) is 22.6 Å². The lowest BCUT2D eigenvalue weighted by Gasteiger charge is -2.39. The molecule has 0 saturated carbocycles. The highest BCUT2D eigenvalue weighted by Crippen LogP contribution is 2.46. The summed E-state index contributed by atoms with van der Waals surface area (Å²) in [5, 5.41) is 18.7. The maximum atomic E-state index is 13.1. The Kier molecular flexibility index (Phi) is 4.27. The highest BCUT2D eigenvalue weighted by atomic mass is 16.6. The van der Waals surface area contributed by atoms with Crippen LogP contribution in [0.1, 0.15) is 23.0 Å². The number of fused-ring (bicyclic) bond motifs is 4. The number of nitro benzene ring substituents is 1. The Morgan fingerprint density at radius 3 is 2.53 bits per heavy atom. The van der Waals surface area contributed by atoms with Gasteiger partial charge in [0.15, 0.2) is 5.82 Å². The van der Waals surface area contributed by atoms with Crippen LogP contribution >= 0.6 is 0 Å². The van der Waals surface area contributed by atoms with Gasteiger partial charge in [-0.1, -0.05) is 18.2 Å². The number of hydrogen-bond donors (Lipinski definition) is 1. The van der Waals surface area contributed by atoms with Gasteiger partial charge in [0.1, 0.15) is 6.04 Å². The van der Waals surface area contributed by atoms with E-state index in [2.05, 4.69) is 10.3 Å². The largest absolute Gasteiger partial charge is 0.317 e. The SMILES string of the molecule is Cc1nn(-c2ccc([N+](=O)[O-])cc2)c2c1[C@H](c1ccccn1)N1C(=N2)C(=O)Nc2ccccc21. The lowest BCUT2D eigenvalue weighted by Crippen LogP contribution is -2.48. The van der Waals surface area contributed by atoms with E-state index in [0.29, 0.717) is 17.2 Å². The van der Waals surface area contributed by atoms with Crippen molar-refractivity contribution < 1.29 is 9.72 Å². The van der Waals surface area contributed by atoms with Gasteiger partial charge in [0.25, 0.3) is 11.6 Å². The van der Waals surface area contributed by atoms with Crippen LogP contribution in [0.5, 0.6) is 0 Å². The number of amidine groups is 1. The smallest absolute Gasteiger partial charge is 0.291 e. The molecule has 4 aromatic rings. The molecule has 1 N–H and O–H groups in total. The molecule has 0 unspecified atom stereocenters. The Morgan fingerprint density at radius 1 is 1.03 bits per heavy atom. The van der Waals surface area contributed by atoms with Crippen molar-refractivity contribution in [1.82, 2.24) is 14.8 Å². The maximum Gasteiger partial charge on any atom is 0.291 e. The second-order valence-electron chi connectivity index (χ2n) is 7.94. The van der Waals surface area contributed by atoms with E-state index < -0.39 is 11.0 Å². The average molecular weight is 451 g/mol. The summed E-state index contributed by atoms with van der Waals surface area (Å²) in [6.07, 6.45) is 1.71. The van der Waals surface area contributed by atoms with E-state index in [-0.39, 0.29) is 17.4 Å². The number of anilines is 2. The van der Waals surface area contributed by atoms with Crippen LogP contribution in [0.2, 0.25) is 0 Å². The van der Waals surface area contributed by atoms with Crippen LogP contribution in [0.15, 0.2) is 77.9 Å². The summed E-state index contributed by atoms with van der Waals surface area (Å²) in [4.78, 5) is 35.0. The van der Waals surface area contributed by atoms with E-state index in [4.69, 9.17) is 10.1 Å². The fourth-order valence-electron chi connectivity index (χ4n) is 4.45. The molecule has 10 heteroatoms. The molecule has 2 aliphatic rings. The van der Waals surface area contributed by atoms with E-state index in [1.54, 1.807) is 23.0 Å². The standard InChI is InChI=1S/C24H17N7O3/c1-14-20-21(18-7-4-5-13-25-18)29-19-8-3-2-6-17(19)26-24(32)23(29)27-22(20)30(28-14)15-9-11-16(12-10-15)31(33)34/h2-13,21H,1H3,(H,26,32)/t21-/m0/s1. The van der Waals surface area contributed by atoms with Crippen LogP contribution in [0, 0.1) is 17.0 Å². The summed E-state index contributed by atoms with van der Waals surface area (Å²) >= 11 is 0. The van der Waals surface area contributed by atoms with Gasteiger partial charge in [-0.2, -0.15) is 5.10 Å². The molecule has 0 spiro atoms. The first-order valence-electron chi connectivity index (χ1n) is 10.6. The van der Waals surface area contributed by atoms with Crippen molar-refractivity contribution in [3.05, 3.63) is 100.0 Å². The molecule has 4 heterocycles. The number of nitro groups is 1. The molecule has 2 aliphatic heterocycles. The zero-order chi connectivity index (χ0) is 23.4. The third-order valence-corrected chi connectivity index (χ3v) is 5.94. The Hall–Kier alpha value is -4.86. The molecule has 1 amide bonds. The van der Waals surface area contributed by atoms with Crippen molar-refractivity contribution in [2.45, 2.75) is 13.0 Å². The molecule has 0 bridgehead atoms. The minimum atomic E-state index is -0.452. The van der Waals surface area contributed by atoms with Crippen LogP contribution in [0.3, 0.4) is 0 Å². The Morgan fingerprint density at radius 2 is 1.79 bits per heavy atom. The van der Waals surface area contributed by atoms with Crippen LogP contribution in [0.25, 0.3) is 5.69 Å². The molecule has 0 aliphatic carbocycles. The molecule has 0 fully saturated rings. The number of hydrogen-bond acceptors (Lipinski definition) is 7. The molecule has 0 saturated heterocycles. The minimum absolute atomic E-state index is 0.0198. The fourth-order valence-corrected chi connectivity index (χ4v) is 4.45. The topological polar surface area (TPSA) is 119 Å². The summed E-state index contributed by atoms with van der Waals surface area (Å²) in [6.45, 7) is 1.88. The van der Waals surface area contributed by atoms with Gasteiger partial charge in [-0.15, -0.1) is 0 Å². The van der Waals surface area contributed by atoms with Crippen LogP contribution < -0.4 is 10.2 Å². The number of nitrogens with zero attached hydrogens (tertiary/aromatic N) is 6. The van der Waals surface area contributed by atoms with Crippen molar-refractivity contribution in [1.29, 1.82) is 0 Å². The third-order valence-electron chi connectivity index (χ3n) is 5.94. The van der Waals surface area contributed by atoms with Crippen molar-refractivity contribution in [3.8, 4) is 5.69 Å². The number of aryl methyl sites for hydroxylation is 1. The molecule has 166 valence electrons. The predicted molar refractivity (Wildman–Crippen MR) is 126 cm³/mol. The number of benzene rings is 2. The number of rotatable bonds is 3. The van der Waals surface area contributed by atoms with Crippen LogP contribution in [-0.2, 0) is 4.79 Å². The zero-order valence-corrected chi connectivity index (χ0v) is 17.9. The maximum absolute atomic E-state index is 13.1. The highest BCUT2D eigenvalue weighted by molar-refractivity contribution is 6.50. The second-order valence-corrected chi connectivity index (χ2v) is 7.94. The van der Waals surface area contributed by atoms with Crippen LogP contribution in [0.4, 0.5) is 22.9 Å². The number of carbonyl (C=O) groups is 1. The summed E-state index contributed by atoms with van der Waals surface area (Å²) in [6, 6.07) is 18.8. The number of pyridine rings is 1. The van der Waals surface area contributed by atoms with Crippen molar-refractivity contribution in [2.75, 3.05) is 10.2 Å². The van der Waals surface area contributed by atoms with E-state index >= 15 is 0 Å². The van der Waals surface area contributed by atoms with Crippen molar-refractivity contribution in [2.24, 2.45) is 4.99 Å². The minimum Gasteiger partial charge on any atom is -0.317 e. The number of nitrogens with one attached hydrogen (secondary N) is 1.